The predicted molar refractivity (Wildman–Crippen MR) is 57.2 cm³/mol. The Kier molecular flexibility index (Phi) is 4.32. The van der Waals surface area contributed by atoms with Gasteiger partial charge in [0.15, 0.2) is 0 Å². The second kappa shape index (κ2) is 5.29. The molecular formula is C12H21N. The maximum atomic E-state index is 6.11. The zero-order chi connectivity index (χ0) is 9.68. The lowest BCUT2D eigenvalue weighted by molar-refractivity contribution is 0.401. The van der Waals surface area contributed by atoms with Crippen molar-refractivity contribution in [2.24, 2.45) is 17.6 Å². The number of hydrogen-bond donors (Lipinski definition) is 1. The van der Waals surface area contributed by atoms with Crippen LogP contribution in [0.25, 0.3) is 0 Å². The average Bonchev–Trinajstić information content (AvgIpc) is 2.52. The predicted octanol–water partition coefficient (Wildman–Crippen LogP) is 2.55. The van der Waals surface area contributed by atoms with Gasteiger partial charge in [0.25, 0.3) is 0 Å². The molecule has 1 aliphatic rings. The van der Waals surface area contributed by atoms with E-state index in [4.69, 9.17) is 5.73 Å². The van der Waals surface area contributed by atoms with E-state index in [2.05, 4.69) is 18.8 Å². The molecule has 0 aromatic rings. The Morgan fingerprint density at radius 3 is 2.77 bits per heavy atom. The lowest BCUT2D eigenvalue weighted by Gasteiger charge is -2.17. The highest BCUT2D eigenvalue weighted by Gasteiger charge is 2.25. The minimum Gasteiger partial charge on any atom is -0.327 e. The fourth-order valence-electron chi connectivity index (χ4n) is 2.24. The summed E-state index contributed by atoms with van der Waals surface area (Å²) in [7, 11) is 0. The van der Waals surface area contributed by atoms with Crippen LogP contribution in [0.15, 0.2) is 0 Å². The summed E-state index contributed by atoms with van der Waals surface area (Å²) < 4.78 is 0. The minimum atomic E-state index is 0.394. The van der Waals surface area contributed by atoms with Crippen LogP contribution in [0, 0.1) is 23.7 Å². The largest absolute Gasteiger partial charge is 0.327 e. The molecule has 0 bridgehead atoms. The average molecular weight is 179 g/mol. The van der Waals surface area contributed by atoms with Crippen molar-refractivity contribution in [1.82, 2.24) is 0 Å². The van der Waals surface area contributed by atoms with Crippen LogP contribution in [0.5, 0.6) is 0 Å². The van der Waals surface area contributed by atoms with Gasteiger partial charge in [-0.25, -0.2) is 0 Å². The van der Waals surface area contributed by atoms with Gasteiger partial charge in [-0.1, -0.05) is 13.3 Å². The van der Waals surface area contributed by atoms with E-state index < -0.39 is 0 Å². The van der Waals surface area contributed by atoms with Gasteiger partial charge in [0, 0.05) is 12.5 Å². The summed E-state index contributed by atoms with van der Waals surface area (Å²) in [5, 5.41) is 0. The molecule has 0 saturated heterocycles. The Hall–Kier alpha value is -0.480. The lowest BCUT2D eigenvalue weighted by atomic mass is 9.94. The van der Waals surface area contributed by atoms with E-state index in [1.807, 2.05) is 6.92 Å². The molecule has 0 heterocycles. The third-order valence-electron chi connectivity index (χ3n) is 3.12. The van der Waals surface area contributed by atoms with E-state index in [1.165, 1.54) is 19.3 Å². The molecule has 0 aliphatic heterocycles. The van der Waals surface area contributed by atoms with Crippen LogP contribution >= 0.6 is 0 Å². The van der Waals surface area contributed by atoms with Crippen LogP contribution < -0.4 is 5.73 Å². The zero-order valence-corrected chi connectivity index (χ0v) is 8.84. The van der Waals surface area contributed by atoms with Gasteiger partial charge in [-0.3, -0.25) is 0 Å². The number of rotatable bonds is 3. The Labute approximate surface area is 82.1 Å². The van der Waals surface area contributed by atoms with E-state index in [0.29, 0.717) is 6.04 Å². The summed E-state index contributed by atoms with van der Waals surface area (Å²) in [5.41, 5.74) is 6.11. The summed E-state index contributed by atoms with van der Waals surface area (Å²) in [4.78, 5) is 0. The summed E-state index contributed by atoms with van der Waals surface area (Å²) >= 11 is 0. The molecule has 3 unspecified atom stereocenters. The van der Waals surface area contributed by atoms with Gasteiger partial charge in [0.05, 0.1) is 0 Å². The third-order valence-corrected chi connectivity index (χ3v) is 3.12. The van der Waals surface area contributed by atoms with Crippen molar-refractivity contribution >= 4 is 0 Å². The molecule has 1 nitrogen and oxygen atoms in total. The van der Waals surface area contributed by atoms with Crippen molar-refractivity contribution in [3.8, 4) is 11.8 Å². The highest BCUT2D eigenvalue weighted by Crippen LogP contribution is 2.32. The van der Waals surface area contributed by atoms with E-state index in [9.17, 15) is 0 Å². The third kappa shape index (κ3) is 3.40. The fraction of sp³-hybridized carbons (Fsp3) is 0.833. The first-order chi connectivity index (χ1) is 6.24. The van der Waals surface area contributed by atoms with Crippen LogP contribution in [0.1, 0.15) is 46.0 Å². The van der Waals surface area contributed by atoms with E-state index >= 15 is 0 Å². The molecule has 2 N–H and O–H groups in total. The number of nitrogens with two attached hydrogens (primary N) is 1. The molecule has 1 fully saturated rings. The SMILES string of the molecule is CC#CCCC(N)C1CCC(C)C1. The zero-order valence-electron chi connectivity index (χ0n) is 8.84. The molecule has 74 valence electrons. The monoisotopic (exact) mass is 179 g/mol. The molecule has 0 spiro atoms. The second-order valence-electron chi connectivity index (χ2n) is 4.31. The van der Waals surface area contributed by atoms with Gasteiger partial charge in [0.2, 0.25) is 0 Å². The molecule has 0 radical (unpaired) electrons. The first-order valence-electron chi connectivity index (χ1n) is 5.39. The molecule has 1 rings (SSSR count). The van der Waals surface area contributed by atoms with Gasteiger partial charge in [-0.15, -0.1) is 11.8 Å². The van der Waals surface area contributed by atoms with Crippen LogP contribution in [0.2, 0.25) is 0 Å². The quantitative estimate of drug-likeness (QED) is 0.662. The van der Waals surface area contributed by atoms with E-state index in [1.54, 1.807) is 0 Å². The van der Waals surface area contributed by atoms with Crippen molar-refractivity contribution in [2.75, 3.05) is 0 Å². The molecule has 0 amide bonds. The smallest absolute Gasteiger partial charge is 0.0103 e. The highest BCUT2D eigenvalue weighted by molar-refractivity contribution is 4.96. The van der Waals surface area contributed by atoms with Crippen molar-refractivity contribution in [3.63, 3.8) is 0 Å². The molecular weight excluding hydrogens is 158 g/mol. The van der Waals surface area contributed by atoms with Crippen LogP contribution in [-0.4, -0.2) is 6.04 Å². The Morgan fingerprint density at radius 2 is 2.23 bits per heavy atom. The summed E-state index contributed by atoms with van der Waals surface area (Å²) in [6, 6.07) is 0.394. The van der Waals surface area contributed by atoms with Crippen molar-refractivity contribution in [1.29, 1.82) is 0 Å². The summed E-state index contributed by atoms with van der Waals surface area (Å²) in [5.74, 6) is 7.67. The van der Waals surface area contributed by atoms with Gasteiger partial charge in [-0.2, -0.15) is 0 Å². The van der Waals surface area contributed by atoms with Gasteiger partial charge < -0.3 is 5.73 Å². The van der Waals surface area contributed by atoms with Crippen LogP contribution in [0.4, 0.5) is 0 Å². The standard InChI is InChI=1S/C12H21N/c1-3-4-5-6-12(13)11-8-7-10(2)9-11/h10-12H,5-9,13H2,1-2H3. The fourth-order valence-corrected chi connectivity index (χ4v) is 2.24. The molecule has 1 heteroatoms. The second-order valence-corrected chi connectivity index (χ2v) is 4.31. The summed E-state index contributed by atoms with van der Waals surface area (Å²) in [6.45, 7) is 4.22. The first-order valence-corrected chi connectivity index (χ1v) is 5.39. The van der Waals surface area contributed by atoms with Gasteiger partial charge >= 0.3 is 0 Å². The van der Waals surface area contributed by atoms with Gasteiger partial charge in [0.1, 0.15) is 0 Å². The van der Waals surface area contributed by atoms with Crippen LogP contribution in [-0.2, 0) is 0 Å². The molecule has 3 atom stereocenters. The Morgan fingerprint density at radius 1 is 1.46 bits per heavy atom. The topological polar surface area (TPSA) is 26.0 Å². The van der Waals surface area contributed by atoms with Crippen molar-refractivity contribution < 1.29 is 0 Å². The van der Waals surface area contributed by atoms with Crippen molar-refractivity contribution in [2.45, 2.75) is 52.0 Å². The Bertz CT molecular complexity index is 199. The first kappa shape index (κ1) is 10.6. The number of hydrogen-bond acceptors (Lipinski definition) is 1. The van der Waals surface area contributed by atoms with E-state index in [-0.39, 0.29) is 0 Å². The molecule has 1 saturated carbocycles. The molecule has 13 heavy (non-hydrogen) atoms. The Balaban J connectivity index is 2.22. The maximum absolute atomic E-state index is 6.11. The molecule has 0 aromatic heterocycles. The maximum Gasteiger partial charge on any atom is 0.0103 e. The van der Waals surface area contributed by atoms with Crippen molar-refractivity contribution in [3.05, 3.63) is 0 Å². The minimum absolute atomic E-state index is 0.394. The highest BCUT2D eigenvalue weighted by atomic mass is 14.7. The molecule has 0 aromatic carbocycles. The lowest BCUT2D eigenvalue weighted by Crippen LogP contribution is -2.28. The van der Waals surface area contributed by atoms with E-state index in [0.717, 1.165) is 24.7 Å². The molecule has 1 aliphatic carbocycles. The van der Waals surface area contributed by atoms with Gasteiger partial charge in [-0.05, 0) is 38.0 Å². The summed E-state index contributed by atoms with van der Waals surface area (Å²) in [6.07, 6.45) is 6.10. The normalized spacial score (nSPS) is 29.5. The van der Waals surface area contributed by atoms with Crippen LogP contribution in [0.3, 0.4) is 0 Å².